The van der Waals surface area contributed by atoms with Crippen LogP contribution < -0.4 is 9.47 Å². The number of carbonyl (C=O) groups is 1. The number of fused-ring (bicyclic) bond motifs is 2. The Kier molecular flexibility index (Phi) is 21.2. The molecule has 3 aliphatic rings. The molecule has 0 bridgehead atoms. The van der Waals surface area contributed by atoms with E-state index >= 15 is 0 Å². The van der Waals surface area contributed by atoms with Crippen molar-refractivity contribution in [2.24, 2.45) is 22.9 Å². The van der Waals surface area contributed by atoms with Crippen molar-refractivity contribution in [1.29, 1.82) is 0 Å². The van der Waals surface area contributed by atoms with Gasteiger partial charge >= 0.3 is 6.09 Å². The highest BCUT2D eigenvalue weighted by Gasteiger charge is 2.65. The largest absolute Gasteiger partial charge is 0.459 e. The summed E-state index contributed by atoms with van der Waals surface area (Å²) in [5.41, 5.74) is 5.51. The van der Waals surface area contributed by atoms with Gasteiger partial charge in [-0.1, -0.05) is 149 Å². The van der Waals surface area contributed by atoms with E-state index in [1.807, 2.05) is 49.4 Å². The second-order valence-electron chi connectivity index (χ2n) is 19.7. The van der Waals surface area contributed by atoms with Gasteiger partial charge in [-0.3, -0.25) is 4.90 Å². The number of carbonyl (C=O) groups excluding carboxylic acids is 1. The number of hydrogen-bond donors (Lipinski definition) is 2. The van der Waals surface area contributed by atoms with Crippen LogP contribution in [0.3, 0.4) is 0 Å². The molecule has 2 N–H and O–H groups in total. The van der Waals surface area contributed by atoms with Crippen molar-refractivity contribution in [3.63, 3.8) is 0 Å². The van der Waals surface area contributed by atoms with E-state index in [4.69, 9.17) is 28.9 Å². The Bertz CT molecular complexity index is 2340. The van der Waals surface area contributed by atoms with Crippen LogP contribution in [0.15, 0.2) is 127 Å². The molecule has 72 heavy (non-hydrogen) atoms. The second-order valence-corrected chi connectivity index (χ2v) is 19.7. The minimum absolute atomic E-state index is 0.0275. The van der Waals surface area contributed by atoms with Gasteiger partial charge in [-0.05, 0) is 116 Å². The molecule has 0 radical (unpaired) electrons. The number of benzene rings is 4. The van der Waals surface area contributed by atoms with Crippen molar-refractivity contribution < 1.29 is 43.2 Å². The molecule has 7 rings (SSSR count). The Labute approximate surface area is 428 Å². The van der Waals surface area contributed by atoms with E-state index in [0.29, 0.717) is 42.4 Å². The van der Waals surface area contributed by atoms with Crippen LogP contribution in [0.1, 0.15) is 140 Å². The van der Waals surface area contributed by atoms with Crippen LogP contribution in [-0.2, 0) is 20.9 Å². The van der Waals surface area contributed by atoms with E-state index in [9.17, 15) is 19.4 Å². The molecule has 0 aromatic heterocycles. The first kappa shape index (κ1) is 54.3. The molecule has 4 aromatic rings. The van der Waals surface area contributed by atoms with Crippen molar-refractivity contribution in [2.75, 3.05) is 33.0 Å². The maximum Gasteiger partial charge on any atom is 0.410 e. The van der Waals surface area contributed by atoms with Crippen molar-refractivity contribution in [2.45, 2.75) is 147 Å². The van der Waals surface area contributed by atoms with Crippen LogP contribution >= 0.6 is 0 Å². The molecule has 11 heteroatoms. The molecule has 6 atom stereocenters. The second kappa shape index (κ2) is 28.1. The van der Waals surface area contributed by atoms with Gasteiger partial charge in [-0.25, -0.2) is 9.18 Å². The molecule has 0 unspecified atom stereocenters. The summed E-state index contributed by atoms with van der Waals surface area (Å²) in [4.78, 5) is 22.6. The lowest BCUT2D eigenvalue weighted by atomic mass is 9.55. The molecule has 0 spiro atoms. The van der Waals surface area contributed by atoms with Crippen LogP contribution in [0.5, 0.6) is 17.2 Å². The van der Waals surface area contributed by atoms with E-state index in [1.54, 1.807) is 23.1 Å². The summed E-state index contributed by atoms with van der Waals surface area (Å²) in [5, 5.41) is 24.9. The minimum Gasteiger partial charge on any atom is -0.459 e. The Balaban J connectivity index is 1.30. The molecule has 2 aliphatic carbocycles. The lowest BCUT2D eigenvalue weighted by Gasteiger charge is -2.59. The maximum atomic E-state index is 15.0. The number of nitrogens with zero attached hydrogens (tertiary/aromatic N) is 2. The van der Waals surface area contributed by atoms with Gasteiger partial charge in [0.05, 0.1) is 24.8 Å². The smallest absolute Gasteiger partial charge is 0.410 e. The molecule has 1 aliphatic heterocycles. The van der Waals surface area contributed by atoms with Gasteiger partial charge < -0.3 is 34.0 Å². The number of rotatable bonds is 30. The van der Waals surface area contributed by atoms with Crippen molar-refractivity contribution >= 4 is 11.8 Å². The van der Waals surface area contributed by atoms with Crippen molar-refractivity contribution in [1.82, 2.24) is 4.90 Å². The van der Waals surface area contributed by atoms with Gasteiger partial charge in [0.1, 0.15) is 35.7 Å². The van der Waals surface area contributed by atoms with E-state index in [1.165, 1.54) is 57.1 Å². The number of allylic oxidation sites excluding steroid dienone is 1. The lowest BCUT2D eigenvalue weighted by Crippen LogP contribution is -2.70. The van der Waals surface area contributed by atoms with E-state index in [-0.39, 0.29) is 63.0 Å². The third-order valence-corrected chi connectivity index (χ3v) is 14.7. The minimum atomic E-state index is -1.49. The highest BCUT2D eigenvalue weighted by molar-refractivity contribution is 6.03. The molecule has 4 aromatic carbocycles. The molecule has 1 saturated carbocycles. The summed E-state index contributed by atoms with van der Waals surface area (Å²) in [6, 6.07) is 29.7. The average molecular weight is 987 g/mol. The van der Waals surface area contributed by atoms with Crippen LogP contribution in [0.25, 0.3) is 11.1 Å². The SMILES string of the molecule is C=CCO[C@@]12Oc3ccc(Oc4ccc(-c5ccccc5)cc4)cc3[C@H]3[C@H](CCCCO)[C@@H](CCCCO)C=C(C(=NOCC)C[C@@H]1N(Cc1ccc(F)cc1)C(=O)OCCCCCCCCCCCC)[C@H]32. The van der Waals surface area contributed by atoms with E-state index in [0.717, 1.165) is 72.8 Å². The lowest BCUT2D eigenvalue weighted by molar-refractivity contribution is -0.256. The van der Waals surface area contributed by atoms with Gasteiger partial charge in [-0.2, -0.15) is 0 Å². The molecule has 1 fully saturated rings. The highest BCUT2D eigenvalue weighted by Crippen LogP contribution is 2.62. The summed E-state index contributed by atoms with van der Waals surface area (Å²) >= 11 is 0. The number of aliphatic hydroxyl groups is 2. The topological polar surface area (TPSA) is 119 Å². The van der Waals surface area contributed by atoms with Gasteiger partial charge in [0.15, 0.2) is 0 Å². The first-order valence-corrected chi connectivity index (χ1v) is 27.1. The zero-order chi connectivity index (χ0) is 50.5. The van der Waals surface area contributed by atoms with Crippen molar-refractivity contribution in [3.05, 3.63) is 138 Å². The molecule has 1 amide bonds. The van der Waals surface area contributed by atoms with Crippen LogP contribution in [0.4, 0.5) is 9.18 Å². The van der Waals surface area contributed by atoms with Crippen LogP contribution in [0.2, 0.25) is 0 Å². The highest BCUT2D eigenvalue weighted by atomic mass is 19.1. The molecule has 1 heterocycles. The van der Waals surface area contributed by atoms with Crippen LogP contribution in [0, 0.1) is 23.6 Å². The molecule has 388 valence electrons. The average Bonchev–Trinajstić information content (AvgIpc) is 3.40. The number of unbranched alkanes of at least 4 members (excludes halogenated alkanes) is 11. The summed E-state index contributed by atoms with van der Waals surface area (Å²) in [7, 11) is 0. The molecule has 0 saturated heterocycles. The Hall–Kier alpha value is -5.49. The maximum absolute atomic E-state index is 15.0. The first-order valence-electron chi connectivity index (χ1n) is 27.1. The zero-order valence-corrected chi connectivity index (χ0v) is 42.9. The van der Waals surface area contributed by atoms with E-state index < -0.39 is 23.8 Å². The number of amides is 1. The monoisotopic (exact) mass is 987 g/mol. The predicted molar refractivity (Wildman–Crippen MR) is 284 cm³/mol. The molecular weight excluding hydrogens is 908 g/mol. The number of ether oxygens (including phenoxy) is 4. The fourth-order valence-corrected chi connectivity index (χ4v) is 11.3. The summed E-state index contributed by atoms with van der Waals surface area (Å²) < 4.78 is 42.0. The number of oxime groups is 1. The standard InChI is InChI=1S/C61H79FN2O8/c1-4-7-8-9-10-11-12-13-14-22-40-68-60(67)64(44-45-27-31-49(62)32-28-45)57-43-55(63-70-6-3)53-41-48(25-18-20-37-65)52(26-19-21-38-66)58-54-42-51(35-36-56(54)72-61(57,59(53)58)69-39-5-2)71-50-33-29-47(30-34-50)46-23-16-15-17-24-46/h5,15-17,23-24,27-36,41-42,48,52,57-59,65-66H,2,4,6-14,18-22,25-26,37-40,43-44H2,1,3H3/t48-,52+,57-,58+,59+,61+/m0/s1. The Morgan fingerprint density at radius 2 is 1.47 bits per heavy atom. The molecule has 10 nitrogen and oxygen atoms in total. The number of halogens is 1. The van der Waals surface area contributed by atoms with Crippen LogP contribution in [-0.4, -0.2) is 71.8 Å². The normalized spacial score (nSPS) is 21.5. The predicted octanol–water partition coefficient (Wildman–Crippen LogP) is 14.5. The summed E-state index contributed by atoms with van der Waals surface area (Å²) in [6.07, 6.45) is 19.8. The number of hydrogen-bond acceptors (Lipinski definition) is 9. The Morgan fingerprint density at radius 3 is 2.15 bits per heavy atom. The van der Waals surface area contributed by atoms with Crippen molar-refractivity contribution in [3.8, 4) is 28.4 Å². The van der Waals surface area contributed by atoms with Gasteiger partial charge in [0.2, 0.25) is 5.79 Å². The number of aliphatic hydroxyl groups excluding tert-OH is 2. The quantitative estimate of drug-likeness (QED) is 0.0301. The Morgan fingerprint density at radius 1 is 0.806 bits per heavy atom. The molecular formula is C61H79FN2O8. The zero-order valence-electron chi connectivity index (χ0n) is 42.9. The summed E-state index contributed by atoms with van der Waals surface area (Å²) in [6.45, 7) is 9.20. The fourth-order valence-electron chi connectivity index (χ4n) is 11.3. The summed E-state index contributed by atoms with van der Waals surface area (Å²) in [5.74, 6) is -0.566. The third kappa shape index (κ3) is 14.0. The third-order valence-electron chi connectivity index (χ3n) is 14.7. The first-order chi connectivity index (χ1) is 35.3. The van der Waals surface area contributed by atoms with E-state index in [2.05, 4.69) is 49.9 Å². The fraction of sp³-hybridized carbons (Fsp3) is 0.508. The van der Waals surface area contributed by atoms with Gasteiger partial charge in [-0.15, -0.1) is 6.58 Å². The van der Waals surface area contributed by atoms with Gasteiger partial charge in [0, 0.05) is 37.7 Å². The van der Waals surface area contributed by atoms with Gasteiger partial charge in [0.25, 0.3) is 0 Å².